The van der Waals surface area contributed by atoms with Gasteiger partial charge in [-0.3, -0.25) is 4.79 Å². The van der Waals surface area contributed by atoms with Gasteiger partial charge in [0, 0.05) is 10.8 Å². The van der Waals surface area contributed by atoms with Crippen molar-refractivity contribution in [3.63, 3.8) is 0 Å². The first-order valence-electron chi connectivity index (χ1n) is 6.67. The Kier molecular flexibility index (Phi) is 3.65. The van der Waals surface area contributed by atoms with Gasteiger partial charge in [-0.05, 0) is 41.8 Å². The number of carbonyl (C=O) groups excluding carboxylic acids is 1. The number of hydrazone groups is 1. The number of hydrogen-bond acceptors (Lipinski definition) is 3. The van der Waals surface area contributed by atoms with E-state index in [2.05, 4.69) is 22.7 Å². The number of hydrogen-bond donors (Lipinski definition) is 1. The second-order valence-corrected chi connectivity index (χ2v) is 6.01. The molecule has 0 radical (unpaired) electrons. The van der Waals surface area contributed by atoms with Crippen LogP contribution in [0, 0.1) is 12.8 Å². The highest BCUT2D eigenvalue weighted by atomic mass is 32.1. The fourth-order valence-corrected chi connectivity index (χ4v) is 3.09. The van der Waals surface area contributed by atoms with E-state index in [1.165, 1.54) is 11.1 Å². The number of amides is 1. The molecule has 1 heterocycles. The van der Waals surface area contributed by atoms with E-state index < -0.39 is 0 Å². The van der Waals surface area contributed by atoms with Gasteiger partial charge in [0.25, 0.3) is 0 Å². The first-order chi connectivity index (χ1) is 9.75. The lowest BCUT2D eigenvalue weighted by Gasteiger charge is -1.99. The van der Waals surface area contributed by atoms with E-state index in [1.54, 1.807) is 17.6 Å². The van der Waals surface area contributed by atoms with Gasteiger partial charge < -0.3 is 0 Å². The van der Waals surface area contributed by atoms with E-state index in [0.29, 0.717) is 5.92 Å². The molecule has 0 aliphatic heterocycles. The fourth-order valence-electron chi connectivity index (χ4n) is 2.31. The van der Waals surface area contributed by atoms with Gasteiger partial charge in [0.1, 0.15) is 0 Å². The van der Waals surface area contributed by atoms with Crippen LogP contribution in [0.5, 0.6) is 0 Å². The van der Waals surface area contributed by atoms with E-state index in [1.807, 2.05) is 36.6 Å². The number of carbonyl (C=O) groups is 1. The molecular weight excluding hydrogens is 268 g/mol. The molecule has 102 valence electrons. The Bertz CT molecular complexity index is 633. The summed E-state index contributed by atoms with van der Waals surface area (Å²) in [4.78, 5) is 13.1. The molecule has 0 bridgehead atoms. The lowest BCUT2D eigenvalue weighted by atomic mass is 10.1. The second kappa shape index (κ2) is 5.59. The van der Waals surface area contributed by atoms with Gasteiger partial charge in [0.2, 0.25) is 5.91 Å². The standard InChI is InChI=1S/C16H16N2OS/c1-11-7-8-20-15(11)10-17-18-16(19)14-9-13(14)12-5-3-2-4-6-12/h2-8,10,13-14H,9H2,1H3,(H,18,19)/b17-10-/t13-,14+/m0/s1. The van der Waals surface area contributed by atoms with Crippen LogP contribution >= 0.6 is 11.3 Å². The molecule has 0 unspecified atom stereocenters. The van der Waals surface area contributed by atoms with Crippen LogP contribution < -0.4 is 5.43 Å². The van der Waals surface area contributed by atoms with Crippen LogP contribution in [-0.2, 0) is 4.79 Å². The minimum absolute atomic E-state index is 0.0179. The van der Waals surface area contributed by atoms with Crippen molar-refractivity contribution in [1.82, 2.24) is 5.43 Å². The monoisotopic (exact) mass is 284 g/mol. The molecule has 1 N–H and O–H groups in total. The number of benzene rings is 1. The van der Waals surface area contributed by atoms with E-state index in [-0.39, 0.29) is 11.8 Å². The highest BCUT2D eigenvalue weighted by Crippen LogP contribution is 2.47. The van der Waals surface area contributed by atoms with Crippen molar-refractivity contribution < 1.29 is 4.79 Å². The number of nitrogens with zero attached hydrogens (tertiary/aromatic N) is 1. The summed E-state index contributed by atoms with van der Waals surface area (Å²) in [6.07, 6.45) is 2.64. The zero-order valence-corrected chi connectivity index (χ0v) is 12.1. The largest absolute Gasteiger partial charge is 0.273 e. The van der Waals surface area contributed by atoms with E-state index >= 15 is 0 Å². The molecule has 3 nitrogen and oxygen atoms in total. The van der Waals surface area contributed by atoms with Crippen molar-refractivity contribution in [3.05, 3.63) is 57.8 Å². The average molecular weight is 284 g/mol. The highest BCUT2D eigenvalue weighted by molar-refractivity contribution is 7.11. The van der Waals surface area contributed by atoms with Gasteiger partial charge in [0.15, 0.2) is 0 Å². The molecule has 2 atom stereocenters. The normalized spacial score (nSPS) is 21.1. The van der Waals surface area contributed by atoms with Crippen molar-refractivity contribution >= 4 is 23.5 Å². The second-order valence-electron chi connectivity index (χ2n) is 5.06. The minimum Gasteiger partial charge on any atom is -0.273 e. The number of rotatable bonds is 4. The topological polar surface area (TPSA) is 41.5 Å². The summed E-state index contributed by atoms with van der Waals surface area (Å²) in [5.74, 6) is 0.443. The van der Waals surface area contributed by atoms with Crippen molar-refractivity contribution in [2.24, 2.45) is 11.0 Å². The summed E-state index contributed by atoms with van der Waals surface area (Å²) in [6.45, 7) is 2.03. The summed E-state index contributed by atoms with van der Waals surface area (Å²) in [5, 5.41) is 6.07. The van der Waals surface area contributed by atoms with Crippen LogP contribution in [0.25, 0.3) is 0 Å². The van der Waals surface area contributed by atoms with E-state index in [9.17, 15) is 4.79 Å². The molecule has 1 aromatic heterocycles. The van der Waals surface area contributed by atoms with E-state index in [4.69, 9.17) is 0 Å². The Morgan fingerprint density at radius 3 is 2.85 bits per heavy atom. The van der Waals surface area contributed by atoms with Crippen molar-refractivity contribution in [1.29, 1.82) is 0 Å². The zero-order valence-electron chi connectivity index (χ0n) is 11.2. The predicted octanol–water partition coefficient (Wildman–Crippen LogP) is 3.31. The van der Waals surface area contributed by atoms with Crippen LogP contribution in [0.2, 0.25) is 0 Å². The zero-order chi connectivity index (χ0) is 13.9. The van der Waals surface area contributed by atoms with Gasteiger partial charge in [-0.2, -0.15) is 5.10 Å². The third-order valence-electron chi connectivity index (χ3n) is 3.61. The quantitative estimate of drug-likeness (QED) is 0.679. The lowest BCUT2D eigenvalue weighted by molar-refractivity contribution is -0.122. The Morgan fingerprint density at radius 2 is 2.15 bits per heavy atom. The summed E-state index contributed by atoms with van der Waals surface area (Å²) >= 11 is 1.62. The summed E-state index contributed by atoms with van der Waals surface area (Å²) in [5.41, 5.74) is 5.07. The Balaban J connectivity index is 1.54. The summed E-state index contributed by atoms with van der Waals surface area (Å²) in [7, 11) is 0. The van der Waals surface area contributed by atoms with Gasteiger partial charge in [0.05, 0.1) is 6.21 Å². The molecule has 2 aromatic rings. The predicted molar refractivity (Wildman–Crippen MR) is 82.1 cm³/mol. The third kappa shape index (κ3) is 2.80. The maximum absolute atomic E-state index is 12.0. The molecule has 1 saturated carbocycles. The number of aryl methyl sites for hydroxylation is 1. The minimum atomic E-state index is 0.0179. The van der Waals surface area contributed by atoms with Gasteiger partial charge >= 0.3 is 0 Å². The van der Waals surface area contributed by atoms with Crippen LogP contribution in [0.15, 0.2) is 46.9 Å². The van der Waals surface area contributed by atoms with Crippen LogP contribution in [-0.4, -0.2) is 12.1 Å². The van der Waals surface area contributed by atoms with Crippen LogP contribution in [0.1, 0.15) is 28.3 Å². The van der Waals surface area contributed by atoms with Crippen molar-refractivity contribution in [2.75, 3.05) is 0 Å². The van der Waals surface area contributed by atoms with Gasteiger partial charge in [-0.25, -0.2) is 5.43 Å². The Hall–Kier alpha value is -1.94. The average Bonchev–Trinajstić information content (AvgIpc) is 3.18. The fraction of sp³-hybridized carbons (Fsp3) is 0.250. The Morgan fingerprint density at radius 1 is 1.35 bits per heavy atom. The number of nitrogens with one attached hydrogen (secondary N) is 1. The van der Waals surface area contributed by atoms with Crippen LogP contribution in [0.4, 0.5) is 0 Å². The molecule has 1 amide bonds. The molecule has 1 fully saturated rings. The first kappa shape index (κ1) is 13.1. The van der Waals surface area contributed by atoms with E-state index in [0.717, 1.165) is 11.3 Å². The van der Waals surface area contributed by atoms with Gasteiger partial charge in [-0.1, -0.05) is 30.3 Å². The SMILES string of the molecule is Cc1ccsc1/C=N\NC(=O)[C@@H]1C[C@H]1c1ccccc1. The van der Waals surface area contributed by atoms with Crippen LogP contribution in [0.3, 0.4) is 0 Å². The van der Waals surface area contributed by atoms with Crippen molar-refractivity contribution in [3.8, 4) is 0 Å². The maximum atomic E-state index is 12.0. The highest BCUT2D eigenvalue weighted by Gasteiger charge is 2.43. The van der Waals surface area contributed by atoms with Crippen molar-refractivity contribution in [2.45, 2.75) is 19.3 Å². The summed E-state index contributed by atoms with van der Waals surface area (Å²) < 4.78 is 0. The molecule has 0 spiro atoms. The number of thiophene rings is 1. The molecule has 3 rings (SSSR count). The molecule has 4 heteroatoms. The molecule has 0 saturated heterocycles. The molecular formula is C16H16N2OS. The molecule has 1 aromatic carbocycles. The first-order valence-corrected chi connectivity index (χ1v) is 7.55. The Labute approximate surface area is 122 Å². The van der Waals surface area contributed by atoms with Gasteiger partial charge in [-0.15, -0.1) is 11.3 Å². The molecule has 1 aliphatic carbocycles. The summed E-state index contributed by atoms with van der Waals surface area (Å²) in [6, 6.07) is 12.2. The maximum Gasteiger partial charge on any atom is 0.243 e. The molecule has 20 heavy (non-hydrogen) atoms. The smallest absolute Gasteiger partial charge is 0.243 e. The lowest BCUT2D eigenvalue weighted by Crippen LogP contribution is -2.20. The third-order valence-corrected chi connectivity index (χ3v) is 4.57. The molecule has 1 aliphatic rings.